The smallest absolute Gasteiger partial charge is 0.352 e. The van der Waals surface area contributed by atoms with Crippen molar-refractivity contribution in [3.8, 4) is 0 Å². The van der Waals surface area contributed by atoms with Gasteiger partial charge in [-0.2, -0.15) is 13.2 Å². The van der Waals surface area contributed by atoms with Crippen LogP contribution in [0.15, 0.2) is 47.5 Å². The van der Waals surface area contributed by atoms with Crippen LogP contribution in [0.1, 0.15) is 54.4 Å². The van der Waals surface area contributed by atoms with E-state index in [2.05, 4.69) is 15.2 Å². The highest BCUT2D eigenvalue weighted by molar-refractivity contribution is 7.90. The molecule has 2 aliphatic heterocycles. The molecule has 1 aromatic carbocycles. The lowest BCUT2D eigenvalue weighted by Gasteiger charge is -2.40. The largest absolute Gasteiger partial charge is 0.405 e. The second-order valence-corrected chi connectivity index (χ2v) is 12.5. The van der Waals surface area contributed by atoms with Crippen LogP contribution in [0.2, 0.25) is 0 Å². The molecule has 2 aromatic rings. The maximum absolute atomic E-state index is 13.4. The molecule has 0 radical (unpaired) electrons. The van der Waals surface area contributed by atoms with Gasteiger partial charge in [-0.1, -0.05) is 12.1 Å². The summed E-state index contributed by atoms with van der Waals surface area (Å²) in [7, 11) is -3.38. The van der Waals surface area contributed by atoms with Gasteiger partial charge < -0.3 is 15.5 Å². The van der Waals surface area contributed by atoms with E-state index in [1.54, 1.807) is 18.2 Å². The SMILES string of the molecule is CS(=O)(=O)c1cccc(C2(C(=O)NC3C[C@H]4CC[C@@H](C3)N4c3ccc(C(=O)NCC(F)(F)F)cn3)CC2)c1. The Morgan fingerprint density at radius 3 is 2.34 bits per heavy atom. The summed E-state index contributed by atoms with van der Waals surface area (Å²) in [6, 6.07) is 10.0. The molecule has 3 atom stereocenters. The number of amides is 2. The lowest BCUT2D eigenvalue weighted by atomic mass is 9.92. The van der Waals surface area contributed by atoms with Crippen LogP contribution in [0.4, 0.5) is 19.0 Å². The van der Waals surface area contributed by atoms with Crippen molar-refractivity contribution in [1.29, 1.82) is 0 Å². The van der Waals surface area contributed by atoms with Crippen molar-refractivity contribution in [2.75, 3.05) is 17.7 Å². The fraction of sp³-hybridized carbons (Fsp3) is 0.500. The van der Waals surface area contributed by atoms with Gasteiger partial charge in [-0.15, -0.1) is 0 Å². The van der Waals surface area contributed by atoms with Gasteiger partial charge in [0.15, 0.2) is 9.84 Å². The molecule has 1 aliphatic carbocycles. The van der Waals surface area contributed by atoms with Crippen molar-refractivity contribution < 1.29 is 31.2 Å². The number of hydrogen-bond donors (Lipinski definition) is 2. The fourth-order valence-electron chi connectivity index (χ4n) is 5.74. The number of halogens is 3. The van der Waals surface area contributed by atoms with Crippen molar-refractivity contribution in [3.63, 3.8) is 0 Å². The molecular formula is C26H29F3N4O4S. The highest BCUT2D eigenvalue weighted by Gasteiger charge is 2.52. The molecule has 1 saturated carbocycles. The molecule has 2 amide bonds. The number of fused-ring (bicyclic) bond motifs is 2. The number of hydrogen-bond acceptors (Lipinski definition) is 6. The first-order chi connectivity index (χ1) is 17.9. The van der Waals surface area contributed by atoms with E-state index in [4.69, 9.17) is 0 Å². The number of nitrogens with one attached hydrogen (secondary N) is 2. The van der Waals surface area contributed by atoms with Gasteiger partial charge in [0, 0.05) is 30.6 Å². The van der Waals surface area contributed by atoms with Gasteiger partial charge in [-0.25, -0.2) is 13.4 Å². The maximum atomic E-state index is 13.4. The number of rotatable bonds is 7. The van der Waals surface area contributed by atoms with Crippen LogP contribution < -0.4 is 15.5 Å². The van der Waals surface area contributed by atoms with E-state index in [0.29, 0.717) is 18.7 Å². The minimum Gasteiger partial charge on any atom is -0.352 e. The molecule has 3 fully saturated rings. The summed E-state index contributed by atoms with van der Waals surface area (Å²) in [5.74, 6) is -0.249. The van der Waals surface area contributed by atoms with Gasteiger partial charge in [-0.05, 0) is 68.4 Å². The number of carbonyl (C=O) groups is 2. The summed E-state index contributed by atoms with van der Waals surface area (Å²) in [5, 5.41) is 5.06. The molecule has 2 bridgehead atoms. The number of carbonyl (C=O) groups excluding carboxylic acids is 2. The number of anilines is 1. The first kappa shape index (κ1) is 26.5. The van der Waals surface area contributed by atoms with Gasteiger partial charge in [0.2, 0.25) is 5.91 Å². The minimum atomic E-state index is -4.48. The maximum Gasteiger partial charge on any atom is 0.405 e. The molecule has 12 heteroatoms. The van der Waals surface area contributed by atoms with E-state index < -0.39 is 33.9 Å². The Labute approximate surface area is 218 Å². The molecule has 5 rings (SSSR count). The molecule has 3 heterocycles. The van der Waals surface area contributed by atoms with Crippen molar-refractivity contribution in [1.82, 2.24) is 15.6 Å². The third kappa shape index (κ3) is 5.36. The molecule has 38 heavy (non-hydrogen) atoms. The van der Waals surface area contributed by atoms with Crippen molar-refractivity contribution in [2.45, 2.75) is 73.1 Å². The normalized spacial score (nSPS) is 24.1. The molecule has 2 N–H and O–H groups in total. The zero-order chi connectivity index (χ0) is 27.3. The molecule has 0 spiro atoms. The highest BCUT2D eigenvalue weighted by atomic mass is 32.2. The Morgan fingerprint density at radius 2 is 1.79 bits per heavy atom. The van der Waals surface area contributed by atoms with Crippen molar-refractivity contribution in [2.24, 2.45) is 0 Å². The van der Waals surface area contributed by atoms with Crippen LogP contribution in [-0.2, 0) is 20.0 Å². The Morgan fingerprint density at radius 1 is 1.11 bits per heavy atom. The molecule has 1 aromatic heterocycles. The zero-order valence-corrected chi connectivity index (χ0v) is 21.6. The topological polar surface area (TPSA) is 108 Å². The number of aromatic nitrogens is 1. The number of nitrogens with zero attached hydrogens (tertiary/aromatic N) is 2. The van der Waals surface area contributed by atoms with E-state index >= 15 is 0 Å². The Hall–Kier alpha value is -3.15. The number of sulfone groups is 1. The molecule has 2 saturated heterocycles. The van der Waals surface area contributed by atoms with E-state index in [1.165, 1.54) is 18.3 Å². The molecule has 3 aliphatic rings. The molecule has 8 nitrogen and oxygen atoms in total. The Kier molecular flexibility index (Phi) is 6.65. The van der Waals surface area contributed by atoms with Crippen LogP contribution in [0.3, 0.4) is 0 Å². The lowest BCUT2D eigenvalue weighted by Crippen LogP contribution is -2.52. The van der Waals surface area contributed by atoms with Crippen LogP contribution in [0.5, 0.6) is 0 Å². The van der Waals surface area contributed by atoms with E-state index in [-0.39, 0.29) is 34.5 Å². The zero-order valence-electron chi connectivity index (χ0n) is 20.8. The average Bonchev–Trinajstić information content (AvgIpc) is 3.63. The summed E-state index contributed by atoms with van der Waals surface area (Å²) in [5.41, 5.74) is 0.0880. The summed E-state index contributed by atoms with van der Waals surface area (Å²) in [6.45, 7) is -1.40. The standard InChI is InChI=1S/C26H29F3N4O4S/c1-38(36,37)21-4-2-3-17(11-21)25(9-10-25)24(35)32-18-12-19-6-7-20(13-18)33(19)22-8-5-16(14-30-22)23(34)31-15-26(27,28)29/h2-5,8,11,14,18-20H,6-7,9-10,12-13,15H2,1H3,(H,31,34)(H,32,35)/t18?,19-,20+. The molecule has 204 valence electrons. The lowest BCUT2D eigenvalue weighted by molar-refractivity contribution is -0.124. The second kappa shape index (κ2) is 9.55. The second-order valence-electron chi connectivity index (χ2n) is 10.5. The Bertz CT molecular complexity index is 1330. The summed E-state index contributed by atoms with van der Waals surface area (Å²) >= 11 is 0. The van der Waals surface area contributed by atoms with Crippen molar-refractivity contribution in [3.05, 3.63) is 53.7 Å². The van der Waals surface area contributed by atoms with Crippen LogP contribution in [0, 0.1) is 0 Å². The molecular weight excluding hydrogens is 521 g/mol. The number of alkyl halides is 3. The number of pyridine rings is 1. The van der Waals surface area contributed by atoms with Crippen LogP contribution in [0.25, 0.3) is 0 Å². The first-order valence-electron chi connectivity index (χ1n) is 12.6. The summed E-state index contributed by atoms with van der Waals surface area (Å²) < 4.78 is 61.1. The summed E-state index contributed by atoms with van der Waals surface area (Å²) in [6.07, 6.45) is 2.59. The predicted octanol–water partition coefficient (Wildman–Crippen LogP) is 3.13. The first-order valence-corrected chi connectivity index (χ1v) is 14.5. The number of benzene rings is 1. The highest BCUT2D eigenvalue weighted by Crippen LogP contribution is 2.49. The minimum absolute atomic E-state index is 0.0285. The van der Waals surface area contributed by atoms with Gasteiger partial charge in [0.25, 0.3) is 5.91 Å². The van der Waals surface area contributed by atoms with Gasteiger partial charge in [-0.3, -0.25) is 9.59 Å². The summed E-state index contributed by atoms with van der Waals surface area (Å²) in [4.78, 5) is 32.1. The third-order valence-electron chi connectivity index (χ3n) is 7.79. The van der Waals surface area contributed by atoms with Gasteiger partial charge in [0.05, 0.1) is 15.9 Å². The van der Waals surface area contributed by atoms with E-state index in [9.17, 15) is 31.2 Å². The van der Waals surface area contributed by atoms with Crippen LogP contribution >= 0.6 is 0 Å². The van der Waals surface area contributed by atoms with Crippen LogP contribution in [-0.4, -0.2) is 62.3 Å². The fourth-order valence-corrected chi connectivity index (χ4v) is 6.41. The molecule has 1 unspecified atom stereocenters. The van der Waals surface area contributed by atoms with Gasteiger partial charge in [0.1, 0.15) is 12.4 Å². The van der Waals surface area contributed by atoms with Gasteiger partial charge >= 0.3 is 6.18 Å². The third-order valence-corrected chi connectivity index (χ3v) is 8.90. The number of piperidine rings is 1. The quantitative estimate of drug-likeness (QED) is 0.549. The van der Waals surface area contributed by atoms with Crippen molar-refractivity contribution >= 4 is 27.5 Å². The van der Waals surface area contributed by atoms with E-state index in [0.717, 1.165) is 37.5 Å². The average molecular weight is 551 g/mol. The Balaban J connectivity index is 1.22. The monoisotopic (exact) mass is 550 g/mol. The van der Waals surface area contributed by atoms with E-state index in [1.807, 2.05) is 11.4 Å². The predicted molar refractivity (Wildman–Crippen MR) is 134 cm³/mol.